The third-order valence-electron chi connectivity index (χ3n) is 7.46. The number of rotatable bonds is 4. The first-order valence-electron chi connectivity index (χ1n) is 10.6. The number of anilines is 4. The van der Waals surface area contributed by atoms with Crippen LogP contribution in [0.25, 0.3) is 0 Å². The van der Waals surface area contributed by atoms with Crippen LogP contribution in [0.3, 0.4) is 0 Å². The summed E-state index contributed by atoms with van der Waals surface area (Å²) >= 11 is 0. The summed E-state index contributed by atoms with van der Waals surface area (Å²) in [5, 5.41) is 0. The Bertz CT molecular complexity index is 1100. The van der Waals surface area contributed by atoms with Gasteiger partial charge in [-0.25, -0.2) is 9.97 Å². The van der Waals surface area contributed by atoms with Gasteiger partial charge in [-0.2, -0.15) is 0 Å². The van der Waals surface area contributed by atoms with Crippen molar-refractivity contribution in [1.82, 2.24) is 15.0 Å². The Kier molecular flexibility index (Phi) is 4.17. The van der Waals surface area contributed by atoms with Crippen LogP contribution in [0.15, 0.2) is 74.0 Å². The lowest BCUT2D eigenvalue weighted by atomic mass is 9.54. The molecule has 0 bridgehead atoms. The van der Waals surface area contributed by atoms with Crippen LogP contribution in [0.5, 0.6) is 0 Å². The van der Waals surface area contributed by atoms with Crippen LogP contribution in [0.1, 0.15) is 39.2 Å². The van der Waals surface area contributed by atoms with Gasteiger partial charge in [-0.05, 0) is 36.6 Å². The predicted molar refractivity (Wildman–Crippen MR) is 121 cm³/mol. The Balaban J connectivity index is 1.88. The Morgan fingerprint density at radius 3 is 2.47 bits per heavy atom. The summed E-state index contributed by atoms with van der Waals surface area (Å²) in [5.41, 5.74) is 4.38. The number of para-hydroxylation sites is 1. The lowest BCUT2D eigenvalue weighted by Crippen LogP contribution is -2.62. The molecule has 0 saturated carbocycles. The van der Waals surface area contributed by atoms with Crippen LogP contribution in [0, 0.1) is 5.41 Å². The molecule has 3 aromatic rings. The summed E-state index contributed by atoms with van der Waals surface area (Å²) < 4.78 is 0. The Morgan fingerprint density at radius 1 is 1.00 bits per heavy atom. The lowest BCUT2D eigenvalue weighted by molar-refractivity contribution is 0.120. The van der Waals surface area contributed by atoms with Gasteiger partial charge in [0.2, 0.25) is 0 Å². The normalized spacial score (nSPS) is 26.7. The van der Waals surface area contributed by atoms with Gasteiger partial charge in [-0.1, -0.05) is 45.0 Å². The van der Waals surface area contributed by atoms with E-state index in [0.717, 1.165) is 30.0 Å². The topological polar surface area (TPSA) is 45.2 Å². The van der Waals surface area contributed by atoms with E-state index in [4.69, 9.17) is 4.98 Å². The van der Waals surface area contributed by atoms with Crippen LogP contribution < -0.4 is 9.80 Å². The summed E-state index contributed by atoms with van der Waals surface area (Å²) in [4.78, 5) is 18.2. The maximum Gasteiger partial charge on any atom is 0.162 e. The highest BCUT2D eigenvalue weighted by atomic mass is 15.5. The highest BCUT2D eigenvalue weighted by molar-refractivity contribution is 5.88. The molecule has 152 valence electrons. The van der Waals surface area contributed by atoms with E-state index >= 15 is 0 Å². The zero-order chi connectivity index (χ0) is 20.9. The van der Waals surface area contributed by atoms with Crippen molar-refractivity contribution in [2.24, 2.45) is 5.41 Å². The quantitative estimate of drug-likeness (QED) is 0.524. The van der Waals surface area contributed by atoms with Crippen LogP contribution in [-0.2, 0) is 5.41 Å². The van der Waals surface area contributed by atoms with E-state index in [1.165, 1.54) is 11.3 Å². The van der Waals surface area contributed by atoms with Crippen molar-refractivity contribution >= 4 is 22.9 Å². The van der Waals surface area contributed by atoms with Gasteiger partial charge in [-0.15, -0.1) is 6.58 Å². The SMILES string of the molecule is C=CC1(CC)c2ccccc2N2c3cncnc3N(c3ccncc3)C2C1(C)CC. The Hall–Kier alpha value is -3.21. The summed E-state index contributed by atoms with van der Waals surface area (Å²) in [6, 6.07) is 12.9. The summed E-state index contributed by atoms with van der Waals surface area (Å²) in [5.74, 6) is 0.937. The first-order chi connectivity index (χ1) is 14.6. The van der Waals surface area contributed by atoms with E-state index < -0.39 is 0 Å². The fourth-order valence-corrected chi connectivity index (χ4v) is 5.81. The summed E-state index contributed by atoms with van der Waals surface area (Å²) in [7, 11) is 0. The molecule has 0 radical (unpaired) electrons. The van der Waals surface area contributed by atoms with Crippen LogP contribution in [0.4, 0.5) is 22.9 Å². The number of pyridine rings is 1. The van der Waals surface area contributed by atoms with Gasteiger partial charge < -0.3 is 9.80 Å². The number of hydrogen-bond acceptors (Lipinski definition) is 5. The number of hydrogen-bond donors (Lipinski definition) is 0. The first kappa shape index (κ1) is 18.8. The molecule has 3 unspecified atom stereocenters. The smallest absolute Gasteiger partial charge is 0.162 e. The minimum absolute atomic E-state index is 0.0458. The maximum absolute atomic E-state index is 4.74. The third-order valence-corrected chi connectivity index (χ3v) is 7.46. The van der Waals surface area contributed by atoms with E-state index in [1.54, 1.807) is 6.33 Å². The van der Waals surface area contributed by atoms with Gasteiger partial charge in [0.25, 0.3) is 0 Å². The van der Waals surface area contributed by atoms with Gasteiger partial charge in [-0.3, -0.25) is 4.98 Å². The van der Waals surface area contributed by atoms with Crippen molar-refractivity contribution in [1.29, 1.82) is 0 Å². The van der Waals surface area contributed by atoms with Crippen molar-refractivity contribution in [3.05, 3.63) is 79.5 Å². The average molecular weight is 398 g/mol. The second-order valence-corrected chi connectivity index (χ2v) is 8.37. The molecule has 2 aliphatic heterocycles. The Labute approximate surface area is 178 Å². The van der Waals surface area contributed by atoms with Crippen molar-refractivity contribution in [2.45, 2.75) is 45.2 Å². The molecule has 3 atom stereocenters. The predicted octanol–water partition coefficient (Wildman–Crippen LogP) is 5.75. The van der Waals surface area contributed by atoms with Crippen LogP contribution in [0.2, 0.25) is 0 Å². The second-order valence-electron chi connectivity index (χ2n) is 8.37. The van der Waals surface area contributed by atoms with Crippen LogP contribution >= 0.6 is 0 Å². The molecule has 2 aromatic heterocycles. The molecular formula is C25H27N5. The van der Waals surface area contributed by atoms with Crippen molar-refractivity contribution in [2.75, 3.05) is 9.80 Å². The highest BCUT2D eigenvalue weighted by Gasteiger charge is 2.61. The molecule has 30 heavy (non-hydrogen) atoms. The number of allylic oxidation sites excluding steroid dienone is 1. The molecule has 4 heterocycles. The second kappa shape index (κ2) is 6.66. The highest BCUT2D eigenvalue weighted by Crippen LogP contribution is 2.64. The number of fused-ring (bicyclic) bond motifs is 5. The minimum Gasteiger partial charge on any atom is -0.315 e. The average Bonchev–Trinajstić information content (AvgIpc) is 3.16. The lowest BCUT2D eigenvalue weighted by Gasteiger charge is -2.59. The Morgan fingerprint density at radius 2 is 1.77 bits per heavy atom. The van der Waals surface area contributed by atoms with E-state index in [2.05, 4.69) is 89.6 Å². The standard InChI is InChI=1S/C25H27N5/c1-5-24(4)23-29(18-12-14-26-15-13-18)22-21(16-27-17-28-22)30(23)20-11-9-8-10-19(20)25(24,6-2)7-3/h6,8-17,23H,2,5,7H2,1,3-4H3. The van der Waals surface area contributed by atoms with E-state index in [0.29, 0.717) is 0 Å². The van der Waals surface area contributed by atoms with Gasteiger partial charge in [0.15, 0.2) is 5.82 Å². The van der Waals surface area contributed by atoms with E-state index in [-0.39, 0.29) is 17.0 Å². The molecule has 0 spiro atoms. The van der Waals surface area contributed by atoms with E-state index in [9.17, 15) is 0 Å². The van der Waals surface area contributed by atoms with E-state index in [1.807, 2.05) is 18.6 Å². The molecule has 0 saturated heterocycles. The maximum atomic E-state index is 4.74. The van der Waals surface area contributed by atoms with Crippen molar-refractivity contribution in [3.63, 3.8) is 0 Å². The molecule has 5 heteroatoms. The monoisotopic (exact) mass is 397 g/mol. The summed E-state index contributed by atoms with van der Waals surface area (Å²) in [6.07, 6.45) is 11.5. The molecule has 1 aromatic carbocycles. The molecule has 2 aliphatic rings. The van der Waals surface area contributed by atoms with Gasteiger partial charge in [0.05, 0.1) is 6.20 Å². The molecule has 5 rings (SSSR count). The number of nitrogens with zero attached hydrogens (tertiary/aromatic N) is 5. The zero-order valence-corrected chi connectivity index (χ0v) is 17.8. The molecule has 0 N–H and O–H groups in total. The molecular weight excluding hydrogens is 370 g/mol. The third kappa shape index (κ3) is 2.15. The fraction of sp³-hybridized carbons (Fsp3) is 0.320. The van der Waals surface area contributed by atoms with Gasteiger partial charge >= 0.3 is 0 Å². The summed E-state index contributed by atoms with van der Waals surface area (Å²) in [6.45, 7) is 11.3. The number of aromatic nitrogens is 3. The zero-order valence-electron chi connectivity index (χ0n) is 17.8. The first-order valence-corrected chi connectivity index (χ1v) is 10.6. The van der Waals surface area contributed by atoms with Gasteiger partial charge in [0, 0.05) is 34.6 Å². The molecule has 5 nitrogen and oxygen atoms in total. The van der Waals surface area contributed by atoms with Crippen LogP contribution in [-0.4, -0.2) is 21.1 Å². The number of benzene rings is 1. The van der Waals surface area contributed by atoms with Crippen molar-refractivity contribution in [3.8, 4) is 0 Å². The minimum atomic E-state index is -0.166. The largest absolute Gasteiger partial charge is 0.315 e. The molecule has 0 amide bonds. The molecule has 0 fully saturated rings. The van der Waals surface area contributed by atoms with Gasteiger partial charge in [0.1, 0.15) is 18.2 Å². The molecule has 0 aliphatic carbocycles. The fourth-order valence-electron chi connectivity index (χ4n) is 5.81. The van der Waals surface area contributed by atoms with Crippen molar-refractivity contribution < 1.29 is 0 Å².